The second kappa shape index (κ2) is 10.2. The van der Waals surface area contributed by atoms with Crippen LogP contribution < -0.4 is 20.1 Å². The molecule has 0 aliphatic heterocycles. The summed E-state index contributed by atoms with van der Waals surface area (Å²) in [6.07, 6.45) is 2.70. The van der Waals surface area contributed by atoms with Crippen LogP contribution in [0.2, 0.25) is 0 Å². The van der Waals surface area contributed by atoms with Gasteiger partial charge in [-0.1, -0.05) is 6.07 Å². The van der Waals surface area contributed by atoms with Gasteiger partial charge in [-0.25, -0.2) is 13.2 Å². The van der Waals surface area contributed by atoms with Crippen LogP contribution in [-0.4, -0.2) is 32.1 Å². The summed E-state index contributed by atoms with van der Waals surface area (Å²) >= 11 is 0. The van der Waals surface area contributed by atoms with Crippen LogP contribution >= 0.6 is 0 Å². The van der Waals surface area contributed by atoms with Crippen molar-refractivity contribution < 1.29 is 32.2 Å². The topological polar surface area (TPSA) is 76.7 Å². The average Bonchev–Trinajstić information content (AvgIpc) is 2.72. The largest absolute Gasteiger partial charge is 0.493 e. The van der Waals surface area contributed by atoms with E-state index in [4.69, 9.17) is 9.47 Å². The summed E-state index contributed by atoms with van der Waals surface area (Å²) < 4.78 is 50.2. The van der Waals surface area contributed by atoms with E-state index >= 15 is 0 Å². The number of nitrogens with one attached hydrogen (secondary N) is 2. The van der Waals surface area contributed by atoms with E-state index in [0.717, 1.165) is 6.07 Å². The van der Waals surface area contributed by atoms with Crippen LogP contribution in [0.1, 0.15) is 12.5 Å². The number of carbonyl (C=O) groups is 2. The zero-order valence-corrected chi connectivity index (χ0v) is 15.7. The van der Waals surface area contributed by atoms with Crippen LogP contribution in [0.3, 0.4) is 0 Å². The molecular formula is C20H19F3N2O4. The molecule has 154 valence electrons. The SMILES string of the molecule is CCOc1ccc(C=CC(=O)NCC(=O)Nc2ccc(F)c(F)c2F)cc1OC. The van der Waals surface area contributed by atoms with Crippen molar-refractivity contribution in [2.24, 2.45) is 0 Å². The molecule has 2 N–H and O–H groups in total. The standard InChI is InChI=1S/C20H19F3N2O4/c1-3-29-15-8-4-12(10-16(15)28-2)5-9-17(26)24-11-18(27)25-14-7-6-13(21)19(22)20(14)23/h4-10H,3,11H2,1-2H3,(H,24,26)(H,25,27). The Bertz CT molecular complexity index is 932. The van der Waals surface area contributed by atoms with Crippen LogP contribution in [0.4, 0.5) is 18.9 Å². The molecule has 2 rings (SSSR count). The smallest absolute Gasteiger partial charge is 0.244 e. The lowest BCUT2D eigenvalue weighted by atomic mass is 10.2. The molecule has 0 unspecified atom stereocenters. The van der Waals surface area contributed by atoms with Crippen molar-refractivity contribution >= 4 is 23.6 Å². The molecule has 0 aliphatic rings. The van der Waals surface area contributed by atoms with Crippen molar-refractivity contribution in [1.82, 2.24) is 5.32 Å². The van der Waals surface area contributed by atoms with E-state index < -0.39 is 41.5 Å². The quantitative estimate of drug-likeness (QED) is 0.519. The molecule has 9 heteroatoms. The molecule has 6 nitrogen and oxygen atoms in total. The second-order valence-electron chi connectivity index (χ2n) is 5.67. The van der Waals surface area contributed by atoms with Gasteiger partial charge >= 0.3 is 0 Å². The molecule has 0 saturated heterocycles. The third-order valence-electron chi connectivity index (χ3n) is 3.65. The fourth-order valence-corrected chi connectivity index (χ4v) is 2.28. The van der Waals surface area contributed by atoms with E-state index in [1.54, 1.807) is 18.2 Å². The number of amides is 2. The molecule has 0 atom stereocenters. The van der Waals surface area contributed by atoms with Gasteiger partial charge in [-0.2, -0.15) is 0 Å². The van der Waals surface area contributed by atoms with Crippen molar-refractivity contribution in [2.45, 2.75) is 6.92 Å². The van der Waals surface area contributed by atoms with Crippen LogP contribution in [0.15, 0.2) is 36.4 Å². The second-order valence-corrected chi connectivity index (χ2v) is 5.67. The maximum atomic E-state index is 13.5. The predicted octanol–water partition coefficient (Wildman–Crippen LogP) is 3.28. The first-order valence-electron chi connectivity index (χ1n) is 8.55. The zero-order chi connectivity index (χ0) is 21.4. The number of methoxy groups -OCH3 is 1. The molecule has 0 radical (unpaired) electrons. The highest BCUT2D eigenvalue weighted by Gasteiger charge is 2.15. The fourth-order valence-electron chi connectivity index (χ4n) is 2.28. The molecule has 0 aromatic heterocycles. The van der Waals surface area contributed by atoms with E-state index in [1.165, 1.54) is 19.3 Å². The first kappa shape index (κ1) is 21.8. The van der Waals surface area contributed by atoms with Gasteiger partial charge in [0.15, 0.2) is 29.0 Å². The molecule has 0 aliphatic carbocycles. The molecule has 29 heavy (non-hydrogen) atoms. The molecule has 0 heterocycles. The molecular weight excluding hydrogens is 389 g/mol. The van der Waals surface area contributed by atoms with Gasteiger partial charge < -0.3 is 20.1 Å². The number of carbonyl (C=O) groups excluding carboxylic acids is 2. The van der Waals surface area contributed by atoms with E-state index in [1.807, 2.05) is 6.92 Å². The number of ether oxygens (including phenoxy) is 2. The molecule has 0 spiro atoms. The number of hydrogen-bond acceptors (Lipinski definition) is 4. The van der Waals surface area contributed by atoms with Gasteiger partial charge in [0, 0.05) is 6.08 Å². The molecule has 2 aromatic carbocycles. The van der Waals surface area contributed by atoms with Crippen molar-refractivity contribution in [1.29, 1.82) is 0 Å². The maximum Gasteiger partial charge on any atom is 0.244 e. The zero-order valence-electron chi connectivity index (χ0n) is 15.7. The van der Waals surface area contributed by atoms with Gasteiger partial charge in [0.05, 0.1) is 25.9 Å². The summed E-state index contributed by atoms with van der Waals surface area (Å²) in [6.45, 7) is 1.83. The summed E-state index contributed by atoms with van der Waals surface area (Å²) in [7, 11) is 1.49. The predicted molar refractivity (Wildman–Crippen MR) is 101 cm³/mol. The first-order chi connectivity index (χ1) is 13.8. The van der Waals surface area contributed by atoms with Crippen LogP contribution in [0, 0.1) is 17.5 Å². The highest BCUT2D eigenvalue weighted by molar-refractivity contribution is 5.98. The molecule has 0 bridgehead atoms. The van der Waals surface area contributed by atoms with Crippen molar-refractivity contribution in [3.8, 4) is 11.5 Å². The van der Waals surface area contributed by atoms with E-state index in [-0.39, 0.29) is 0 Å². The number of hydrogen-bond donors (Lipinski definition) is 2. The minimum atomic E-state index is -1.69. The van der Waals surface area contributed by atoms with Gasteiger partial charge in [0.2, 0.25) is 11.8 Å². The van der Waals surface area contributed by atoms with E-state index in [9.17, 15) is 22.8 Å². The van der Waals surface area contributed by atoms with Crippen LogP contribution in [0.25, 0.3) is 6.08 Å². The molecule has 2 amide bonds. The van der Waals surface area contributed by atoms with Crippen molar-refractivity contribution in [2.75, 3.05) is 25.6 Å². The van der Waals surface area contributed by atoms with Gasteiger partial charge in [-0.05, 0) is 42.8 Å². The van der Waals surface area contributed by atoms with Crippen molar-refractivity contribution in [3.63, 3.8) is 0 Å². The first-order valence-corrected chi connectivity index (χ1v) is 8.55. The Balaban J connectivity index is 1.91. The minimum absolute atomic E-state index is 0.477. The monoisotopic (exact) mass is 408 g/mol. The fraction of sp³-hybridized carbons (Fsp3) is 0.200. The van der Waals surface area contributed by atoms with E-state index in [2.05, 4.69) is 10.6 Å². The van der Waals surface area contributed by atoms with Gasteiger partial charge in [0.1, 0.15) is 0 Å². The molecule has 2 aromatic rings. The summed E-state index contributed by atoms with van der Waals surface area (Å²) in [5, 5.41) is 4.35. The summed E-state index contributed by atoms with van der Waals surface area (Å²) in [4.78, 5) is 23.6. The normalized spacial score (nSPS) is 10.7. The Morgan fingerprint density at radius 3 is 2.52 bits per heavy atom. The molecule has 0 saturated carbocycles. The number of halogens is 3. The van der Waals surface area contributed by atoms with Gasteiger partial charge in [0.25, 0.3) is 0 Å². The lowest BCUT2D eigenvalue weighted by Crippen LogP contribution is -2.32. The van der Waals surface area contributed by atoms with Gasteiger partial charge in [-0.3, -0.25) is 9.59 Å². The Labute approximate surface area is 165 Å². The Hall–Kier alpha value is -3.49. The highest BCUT2D eigenvalue weighted by atomic mass is 19.2. The maximum absolute atomic E-state index is 13.5. The van der Waals surface area contributed by atoms with E-state index in [0.29, 0.717) is 29.7 Å². The summed E-state index contributed by atoms with van der Waals surface area (Å²) in [6, 6.07) is 6.65. The third-order valence-corrected chi connectivity index (χ3v) is 3.65. The number of rotatable bonds is 8. The molecule has 0 fully saturated rings. The Morgan fingerprint density at radius 1 is 1.07 bits per heavy atom. The summed E-state index contributed by atoms with van der Waals surface area (Å²) in [5.74, 6) is -4.90. The minimum Gasteiger partial charge on any atom is -0.493 e. The number of benzene rings is 2. The highest BCUT2D eigenvalue weighted by Crippen LogP contribution is 2.28. The average molecular weight is 408 g/mol. The van der Waals surface area contributed by atoms with Crippen molar-refractivity contribution in [3.05, 3.63) is 59.4 Å². The third kappa shape index (κ3) is 6.00. The van der Waals surface area contributed by atoms with Crippen LogP contribution in [-0.2, 0) is 9.59 Å². The Morgan fingerprint density at radius 2 is 1.83 bits per heavy atom. The summed E-state index contributed by atoms with van der Waals surface area (Å²) in [5.41, 5.74) is 0.133. The van der Waals surface area contributed by atoms with Crippen LogP contribution in [0.5, 0.6) is 11.5 Å². The number of anilines is 1. The van der Waals surface area contributed by atoms with Gasteiger partial charge in [-0.15, -0.1) is 0 Å². The Kier molecular flexibility index (Phi) is 7.64. The lowest BCUT2D eigenvalue weighted by Gasteiger charge is -2.09. The lowest BCUT2D eigenvalue weighted by molar-refractivity contribution is -0.121.